The first-order chi connectivity index (χ1) is 9.40. The van der Waals surface area contributed by atoms with E-state index in [4.69, 9.17) is 5.11 Å². The van der Waals surface area contributed by atoms with Gasteiger partial charge in [-0.25, -0.2) is 0 Å². The van der Waals surface area contributed by atoms with Gasteiger partial charge in [0.2, 0.25) is 0 Å². The summed E-state index contributed by atoms with van der Waals surface area (Å²) >= 11 is 0. The minimum Gasteiger partial charge on any atom is -0.481 e. The number of nitro benzene ring substituents is 1. The van der Waals surface area contributed by atoms with Crippen molar-refractivity contribution in [1.82, 2.24) is 0 Å². The van der Waals surface area contributed by atoms with E-state index in [9.17, 15) is 19.7 Å². The SMILES string of the molecule is CC1=NN(c2cccc([N+](=O)[O-])c2)C(=O)C1CC(=O)O. The predicted octanol–water partition coefficient (Wildman–Crippen LogP) is 1.41. The number of carbonyl (C=O) groups excluding carboxylic acids is 1. The van der Waals surface area contributed by atoms with Crippen LogP contribution in [0.25, 0.3) is 0 Å². The maximum Gasteiger partial charge on any atom is 0.304 e. The van der Waals surface area contributed by atoms with Crippen LogP contribution in [0, 0.1) is 16.0 Å². The number of non-ortho nitro benzene ring substituents is 1. The Bertz CT molecular complexity index is 625. The first-order valence-corrected chi connectivity index (χ1v) is 5.75. The first-order valence-electron chi connectivity index (χ1n) is 5.75. The third-order valence-electron chi connectivity index (χ3n) is 2.93. The Morgan fingerprint density at radius 2 is 2.25 bits per heavy atom. The van der Waals surface area contributed by atoms with Crippen LogP contribution in [0.5, 0.6) is 0 Å². The molecule has 0 fully saturated rings. The molecule has 1 aliphatic heterocycles. The Balaban J connectivity index is 2.31. The molecule has 8 heteroatoms. The van der Waals surface area contributed by atoms with Crippen LogP contribution in [0.1, 0.15) is 13.3 Å². The van der Waals surface area contributed by atoms with E-state index in [-0.39, 0.29) is 17.8 Å². The highest BCUT2D eigenvalue weighted by atomic mass is 16.6. The third kappa shape index (κ3) is 2.48. The zero-order valence-electron chi connectivity index (χ0n) is 10.5. The summed E-state index contributed by atoms with van der Waals surface area (Å²) in [5.41, 5.74) is 0.463. The number of amides is 1. The standard InChI is InChI=1S/C12H11N3O5/c1-7-10(6-11(16)17)12(18)14(13-7)8-3-2-4-9(5-8)15(19)20/h2-5,10H,6H2,1H3,(H,16,17). The molecule has 0 aliphatic carbocycles. The lowest BCUT2D eigenvalue weighted by molar-refractivity contribution is -0.384. The molecule has 1 atom stereocenters. The lowest BCUT2D eigenvalue weighted by atomic mass is 10.0. The van der Waals surface area contributed by atoms with Gasteiger partial charge in [0.15, 0.2) is 0 Å². The molecule has 1 aromatic carbocycles. The number of carboxylic acid groups (broad SMARTS) is 1. The van der Waals surface area contributed by atoms with Crippen molar-refractivity contribution in [2.75, 3.05) is 5.01 Å². The molecular weight excluding hydrogens is 266 g/mol. The fourth-order valence-corrected chi connectivity index (χ4v) is 1.94. The number of carbonyl (C=O) groups is 2. The summed E-state index contributed by atoms with van der Waals surface area (Å²) in [5.74, 6) is -2.42. The first kappa shape index (κ1) is 13.7. The van der Waals surface area contributed by atoms with Gasteiger partial charge < -0.3 is 5.11 Å². The van der Waals surface area contributed by atoms with E-state index in [1.807, 2.05) is 0 Å². The van der Waals surface area contributed by atoms with Crippen LogP contribution < -0.4 is 5.01 Å². The van der Waals surface area contributed by atoms with Gasteiger partial charge in [-0.1, -0.05) is 6.07 Å². The molecule has 20 heavy (non-hydrogen) atoms. The van der Waals surface area contributed by atoms with E-state index >= 15 is 0 Å². The van der Waals surface area contributed by atoms with Gasteiger partial charge in [-0.05, 0) is 13.0 Å². The van der Waals surface area contributed by atoms with Crippen molar-refractivity contribution in [2.45, 2.75) is 13.3 Å². The Morgan fingerprint density at radius 3 is 2.85 bits per heavy atom. The monoisotopic (exact) mass is 277 g/mol. The largest absolute Gasteiger partial charge is 0.481 e. The molecule has 0 bridgehead atoms. The minimum atomic E-state index is -1.10. The van der Waals surface area contributed by atoms with Crippen LogP contribution in [0.15, 0.2) is 29.4 Å². The van der Waals surface area contributed by atoms with Crippen LogP contribution in [-0.2, 0) is 9.59 Å². The number of rotatable bonds is 4. The fraction of sp³-hybridized carbons (Fsp3) is 0.250. The smallest absolute Gasteiger partial charge is 0.304 e. The lowest BCUT2D eigenvalue weighted by Gasteiger charge is -2.13. The zero-order valence-corrected chi connectivity index (χ0v) is 10.5. The second-order valence-corrected chi connectivity index (χ2v) is 4.32. The van der Waals surface area contributed by atoms with Gasteiger partial charge in [0.05, 0.1) is 22.9 Å². The summed E-state index contributed by atoms with van der Waals surface area (Å²) in [4.78, 5) is 33.0. The topological polar surface area (TPSA) is 113 Å². The molecule has 8 nitrogen and oxygen atoms in total. The normalized spacial score (nSPS) is 18.1. The van der Waals surface area contributed by atoms with Crippen molar-refractivity contribution in [2.24, 2.45) is 11.0 Å². The van der Waals surface area contributed by atoms with Crippen molar-refractivity contribution in [3.63, 3.8) is 0 Å². The van der Waals surface area contributed by atoms with E-state index in [1.54, 1.807) is 6.92 Å². The molecule has 1 heterocycles. The number of anilines is 1. The summed E-state index contributed by atoms with van der Waals surface area (Å²) in [6.07, 6.45) is -0.348. The van der Waals surface area contributed by atoms with Crippen molar-refractivity contribution in [1.29, 1.82) is 0 Å². The number of aliphatic carboxylic acids is 1. The minimum absolute atomic E-state index is 0.162. The highest BCUT2D eigenvalue weighted by molar-refractivity contribution is 6.16. The second-order valence-electron chi connectivity index (χ2n) is 4.32. The van der Waals surface area contributed by atoms with Crippen molar-refractivity contribution >= 4 is 29.0 Å². The number of nitrogens with zero attached hydrogens (tertiary/aromatic N) is 3. The van der Waals surface area contributed by atoms with Crippen molar-refractivity contribution in [3.8, 4) is 0 Å². The fourth-order valence-electron chi connectivity index (χ4n) is 1.94. The van der Waals surface area contributed by atoms with Crippen LogP contribution >= 0.6 is 0 Å². The van der Waals surface area contributed by atoms with E-state index in [0.29, 0.717) is 5.71 Å². The molecule has 1 aromatic rings. The molecule has 0 saturated heterocycles. The van der Waals surface area contributed by atoms with Crippen LogP contribution in [-0.4, -0.2) is 27.6 Å². The number of carboxylic acids is 1. The van der Waals surface area contributed by atoms with Gasteiger partial charge in [-0.15, -0.1) is 0 Å². The van der Waals surface area contributed by atoms with Crippen LogP contribution in [0.3, 0.4) is 0 Å². The van der Waals surface area contributed by atoms with Gasteiger partial charge in [-0.2, -0.15) is 10.1 Å². The average molecular weight is 277 g/mol. The van der Waals surface area contributed by atoms with E-state index in [0.717, 1.165) is 5.01 Å². The summed E-state index contributed by atoms with van der Waals surface area (Å²) in [7, 11) is 0. The van der Waals surface area contributed by atoms with Gasteiger partial charge in [0, 0.05) is 17.8 Å². The molecule has 0 aromatic heterocycles. The van der Waals surface area contributed by atoms with Crippen LogP contribution in [0.2, 0.25) is 0 Å². The maximum absolute atomic E-state index is 12.1. The Hall–Kier alpha value is -2.77. The molecule has 1 amide bonds. The Kier molecular flexibility index (Phi) is 3.47. The van der Waals surface area contributed by atoms with Crippen LogP contribution in [0.4, 0.5) is 11.4 Å². The molecule has 1 aliphatic rings. The molecule has 0 saturated carbocycles. The molecule has 2 rings (SSSR count). The Morgan fingerprint density at radius 1 is 1.55 bits per heavy atom. The molecule has 1 unspecified atom stereocenters. The number of benzene rings is 1. The van der Waals surface area contributed by atoms with E-state index < -0.39 is 22.7 Å². The maximum atomic E-state index is 12.1. The lowest BCUT2D eigenvalue weighted by Crippen LogP contribution is -2.28. The number of nitro groups is 1. The molecule has 0 radical (unpaired) electrons. The van der Waals surface area contributed by atoms with Gasteiger partial charge in [0.1, 0.15) is 0 Å². The molecule has 1 N–H and O–H groups in total. The van der Waals surface area contributed by atoms with Crippen molar-refractivity contribution in [3.05, 3.63) is 34.4 Å². The predicted molar refractivity (Wildman–Crippen MR) is 69.4 cm³/mol. The number of hydrogen-bond donors (Lipinski definition) is 1. The summed E-state index contributed by atoms with van der Waals surface area (Å²) in [6.45, 7) is 1.56. The van der Waals surface area contributed by atoms with E-state index in [1.165, 1.54) is 24.3 Å². The van der Waals surface area contributed by atoms with Gasteiger partial charge in [-0.3, -0.25) is 19.7 Å². The second kappa shape index (κ2) is 5.08. The average Bonchev–Trinajstić information content (AvgIpc) is 2.66. The van der Waals surface area contributed by atoms with Gasteiger partial charge in [0.25, 0.3) is 11.6 Å². The van der Waals surface area contributed by atoms with Crippen molar-refractivity contribution < 1.29 is 19.6 Å². The third-order valence-corrected chi connectivity index (χ3v) is 2.93. The summed E-state index contributed by atoms with van der Waals surface area (Å²) in [6, 6.07) is 5.47. The summed E-state index contributed by atoms with van der Waals surface area (Å²) in [5, 5.41) is 24.5. The number of hydrogen-bond acceptors (Lipinski definition) is 5. The zero-order chi connectivity index (χ0) is 14.9. The number of hydrazone groups is 1. The molecular formula is C12H11N3O5. The van der Waals surface area contributed by atoms with E-state index in [2.05, 4.69) is 5.10 Å². The molecule has 104 valence electrons. The van der Waals surface area contributed by atoms with Gasteiger partial charge >= 0.3 is 5.97 Å². The molecule has 0 spiro atoms. The Labute approximate surface area is 113 Å². The highest BCUT2D eigenvalue weighted by Gasteiger charge is 2.36. The summed E-state index contributed by atoms with van der Waals surface area (Å²) < 4.78 is 0. The quantitative estimate of drug-likeness (QED) is 0.660. The highest BCUT2D eigenvalue weighted by Crippen LogP contribution is 2.28.